The van der Waals surface area contributed by atoms with Crippen LogP contribution in [0, 0.1) is 0 Å². The predicted octanol–water partition coefficient (Wildman–Crippen LogP) is 5.64. The van der Waals surface area contributed by atoms with Crippen molar-refractivity contribution in [2.24, 2.45) is 0 Å². The number of unbranched alkanes of at least 4 members (excludes halogenated alkanes) is 1. The van der Waals surface area contributed by atoms with Crippen molar-refractivity contribution in [2.45, 2.75) is 24.7 Å². The molecule has 0 unspecified atom stereocenters. The Labute approximate surface area is 220 Å². The standard InChI is InChI=1S/C28H30N2O6S/c1-4-5-16-36-28(33)19-6-9-21(10-7-19)29-26(31)18-37-23-13-11-22(12-14-23)30-27(32)20-8-15-24(34-2)25(17-20)35-3/h6-15,17H,4-5,16,18H2,1-3H3,(H,29,31)(H,30,32). The summed E-state index contributed by atoms with van der Waals surface area (Å²) in [5, 5.41) is 5.66. The summed E-state index contributed by atoms with van der Waals surface area (Å²) < 4.78 is 15.6. The number of amides is 2. The molecule has 0 aliphatic carbocycles. The summed E-state index contributed by atoms with van der Waals surface area (Å²) in [4.78, 5) is 37.8. The molecule has 3 aromatic rings. The monoisotopic (exact) mass is 522 g/mol. The molecule has 0 spiro atoms. The number of benzene rings is 3. The summed E-state index contributed by atoms with van der Waals surface area (Å²) >= 11 is 1.37. The first-order valence-corrected chi connectivity index (χ1v) is 12.7. The maximum absolute atomic E-state index is 12.6. The van der Waals surface area contributed by atoms with Crippen molar-refractivity contribution < 1.29 is 28.6 Å². The van der Waals surface area contributed by atoms with E-state index in [1.54, 1.807) is 54.6 Å². The van der Waals surface area contributed by atoms with Gasteiger partial charge in [-0.15, -0.1) is 11.8 Å². The third kappa shape index (κ3) is 8.28. The van der Waals surface area contributed by atoms with Crippen LogP contribution in [0.3, 0.4) is 0 Å². The van der Waals surface area contributed by atoms with Gasteiger partial charge in [0.25, 0.3) is 5.91 Å². The van der Waals surface area contributed by atoms with E-state index in [0.29, 0.717) is 40.6 Å². The molecule has 3 rings (SSSR count). The quantitative estimate of drug-likeness (QED) is 0.180. The van der Waals surface area contributed by atoms with Crippen molar-refractivity contribution in [1.29, 1.82) is 0 Å². The van der Waals surface area contributed by atoms with Gasteiger partial charge in [0, 0.05) is 21.8 Å². The number of esters is 1. The number of methoxy groups -OCH3 is 2. The largest absolute Gasteiger partial charge is 0.493 e. The van der Waals surface area contributed by atoms with Gasteiger partial charge in [0.05, 0.1) is 32.1 Å². The molecule has 0 aliphatic rings. The number of anilines is 2. The van der Waals surface area contributed by atoms with Gasteiger partial charge in [-0.1, -0.05) is 13.3 Å². The molecule has 2 amide bonds. The van der Waals surface area contributed by atoms with Gasteiger partial charge in [-0.05, 0) is 73.2 Å². The van der Waals surface area contributed by atoms with Gasteiger partial charge in [-0.3, -0.25) is 9.59 Å². The topological polar surface area (TPSA) is 103 Å². The Hall–Kier alpha value is -3.98. The molecule has 8 nitrogen and oxygen atoms in total. The predicted molar refractivity (Wildman–Crippen MR) is 145 cm³/mol. The zero-order valence-electron chi connectivity index (χ0n) is 21.0. The number of thioether (sulfide) groups is 1. The minimum Gasteiger partial charge on any atom is -0.493 e. The second-order valence-electron chi connectivity index (χ2n) is 7.95. The van der Waals surface area contributed by atoms with E-state index in [-0.39, 0.29) is 23.5 Å². The first kappa shape index (κ1) is 27.6. The maximum atomic E-state index is 12.6. The Bertz CT molecular complexity index is 1210. The van der Waals surface area contributed by atoms with Crippen molar-refractivity contribution in [3.8, 4) is 11.5 Å². The van der Waals surface area contributed by atoms with Gasteiger partial charge in [0.1, 0.15) is 0 Å². The highest BCUT2D eigenvalue weighted by Crippen LogP contribution is 2.28. The van der Waals surface area contributed by atoms with Crippen LogP contribution in [-0.2, 0) is 9.53 Å². The number of carbonyl (C=O) groups excluding carboxylic acids is 3. The fourth-order valence-electron chi connectivity index (χ4n) is 3.24. The van der Waals surface area contributed by atoms with Crippen LogP contribution in [0.5, 0.6) is 11.5 Å². The van der Waals surface area contributed by atoms with Crippen molar-refractivity contribution in [3.63, 3.8) is 0 Å². The SMILES string of the molecule is CCCCOC(=O)c1ccc(NC(=O)CSc2ccc(NC(=O)c3ccc(OC)c(OC)c3)cc2)cc1. The lowest BCUT2D eigenvalue weighted by Crippen LogP contribution is -2.14. The van der Waals surface area contributed by atoms with Crippen LogP contribution >= 0.6 is 11.8 Å². The molecule has 0 radical (unpaired) electrons. The summed E-state index contributed by atoms with van der Waals surface area (Å²) in [5.74, 6) is 0.406. The maximum Gasteiger partial charge on any atom is 0.338 e. The smallest absolute Gasteiger partial charge is 0.338 e. The van der Waals surface area contributed by atoms with Crippen molar-refractivity contribution in [1.82, 2.24) is 0 Å². The van der Waals surface area contributed by atoms with Crippen LogP contribution in [-0.4, -0.2) is 44.4 Å². The molecule has 0 atom stereocenters. The molecule has 0 aliphatic heterocycles. The Kier molecular flexibility index (Phi) is 10.4. The Balaban J connectivity index is 1.47. The average molecular weight is 523 g/mol. The van der Waals surface area contributed by atoms with Gasteiger partial charge in [-0.25, -0.2) is 4.79 Å². The van der Waals surface area contributed by atoms with Crippen LogP contribution in [0.4, 0.5) is 11.4 Å². The third-order valence-electron chi connectivity index (χ3n) is 5.26. The molecule has 9 heteroatoms. The van der Waals surface area contributed by atoms with E-state index < -0.39 is 0 Å². The summed E-state index contributed by atoms with van der Waals surface area (Å²) in [7, 11) is 3.05. The first-order valence-electron chi connectivity index (χ1n) is 11.8. The Morgan fingerprint density at radius 3 is 2.05 bits per heavy atom. The third-order valence-corrected chi connectivity index (χ3v) is 6.28. The molecular formula is C28H30N2O6S. The van der Waals surface area contributed by atoms with Crippen LogP contribution in [0.15, 0.2) is 71.6 Å². The van der Waals surface area contributed by atoms with Crippen LogP contribution < -0.4 is 20.1 Å². The molecule has 0 saturated heterocycles. The molecule has 194 valence electrons. The van der Waals surface area contributed by atoms with E-state index in [1.807, 2.05) is 19.1 Å². The van der Waals surface area contributed by atoms with Crippen LogP contribution in [0.2, 0.25) is 0 Å². The zero-order valence-corrected chi connectivity index (χ0v) is 21.9. The molecule has 0 saturated carbocycles. The number of ether oxygens (including phenoxy) is 3. The van der Waals surface area contributed by atoms with E-state index in [4.69, 9.17) is 14.2 Å². The normalized spacial score (nSPS) is 10.4. The first-order chi connectivity index (χ1) is 17.9. The van der Waals surface area contributed by atoms with E-state index in [2.05, 4.69) is 10.6 Å². The number of nitrogens with one attached hydrogen (secondary N) is 2. The number of hydrogen-bond acceptors (Lipinski definition) is 7. The highest BCUT2D eigenvalue weighted by Gasteiger charge is 2.12. The van der Waals surface area contributed by atoms with E-state index in [0.717, 1.165) is 17.7 Å². The summed E-state index contributed by atoms with van der Waals surface area (Å²) in [6.45, 7) is 2.43. The molecule has 0 aromatic heterocycles. The number of rotatable bonds is 12. The minimum absolute atomic E-state index is 0.172. The molecule has 0 fully saturated rings. The van der Waals surface area contributed by atoms with Crippen molar-refractivity contribution in [2.75, 3.05) is 37.2 Å². The van der Waals surface area contributed by atoms with Gasteiger partial charge in [0.15, 0.2) is 11.5 Å². The van der Waals surface area contributed by atoms with E-state index in [9.17, 15) is 14.4 Å². The second kappa shape index (κ2) is 13.9. The Morgan fingerprint density at radius 1 is 0.784 bits per heavy atom. The lowest BCUT2D eigenvalue weighted by molar-refractivity contribution is -0.113. The van der Waals surface area contributed by atoms with Gasteiger partial charge in [-0.2, -0.15) is 0 Å². The lowest BCUT2D eigenvalue weighted by atomic mass is 10.2. The van der Waals surface area contributed by atoms with Gasteiger partial charge >= 0.3 is 5.97 Å². The van der Waals surface area contributed by atoms with Gasteiger partial charge < -0.3 is 24.8 Å². The number of carbonyl (C=O) groups is 3. The second-order valence-corrected chi connectivity index (χ2v) is 9.00. The number of hydrogen-bond donors (Lipinski definition) is 2. The summed E-state index contributed by atoms with van der Waals surface area (Å²) in [6.07, 6.45) is 1.78. The van der Waals surface area contributed by atoms with Crippen LogP contribution in [0.25, 0.3) is 0 Å². The van der Waals surface area contributed by atoms with Crippen LogP contribution in [0.1, 0.15) is 40.5 Å². The lowest BCUT2D eigenvalue weighted by Gasteiger charge is -2.10. The molecule has 2 N–H and O–H groups in total. The molecule has 0 heterocycles. The van der Waals surface area contributed by atoms with Crippen molar-refractivity contribution in [3.05, 3.63) is 77.9 Å². The van der Waals surface area contributed by atoms with Crippen molar-refractivity contribution >= 4 is 40.9 Å². The fourth-order valence-corrected chi connectivity index (χ4v) is 3.94. The van der Waals surface area contributed by atoms with E-state index in [1.165, 1.54) is 26.0 Å². The fraction of sp³-hybridized carbons (Fsp3) is 0.250. The molecular weight excluding hydrogens is 492 g/mol. The highest BCUT2D eigenvalue weighted by atomic mass is 32.2. The molecule has 0 bridgehead atoms. The highest BCUT2D eigenvalue weighted by molar-refractivity contribution is 8.00. The molecule has 3 aromatic carbocycles. The average Bonchev–Trinajstić information content (AvgIpc) is 2.92. The summed E-state index contributed by atoms with van der Waals surface area (Å²) in [6, 6.07) is 18.8. The zero-order chi connectivity index (χ0) is 26.6. The molecule has 37 heavy (non-hydrogen) atoms. The summed E-state index contributed by atoms with van der Waals surface area (Å²) in [5.41, 5.74) is 2.11. The van der Waals surface area contributed by atoms with Gasteiger partial charge in [0.2, 0.25) is 5.91 Å². The minimum atomic E-state index is -0.370. The van der Waals surface area contributed by atoms with E-state index >= 15 is 0 Å². The Morgan fingerprint density at radius 2 is 1.41 bits per heavy atom.